The van der Waals surface area contributed by atoms with Crippen molar-refractivity contribution < 1.29 is 18.3 Å². The Morgan fingerprint density at radius 3 is 2.82 bits per heavy atom. The molecule has 0 aromatic carbocycles. The summed E-state index contributed by atoms with van der Waals surface area (Å²) in [5, 5.41) is 8.66. The zero-order valence-electron chi connectivity index (χ0n) is 10.5. The molecule has 1 aliphatic heterocycles. The molecule has 1 unspecified atom stereocenters. The molecular weight excluding hydrogens is 242 g/mol. The number of unbranched alkanes of at least 4 members (excludes halogenated alkanes) is 1. The summed E-state index contributed by atoms with van der Waals surface area (Å²) >= 11 is 0. The summed E-state index contributed by atoms with van der Waals surface area (Å²) in [6, 6.07) is 0. The highest BCUT2D eigenvalue weighted by Crippen LogP contribution is 2.20. The predicted molar refractivity (Wildman–Crippen MR) is 66.3 cm³/mol. The molecule has 0 aromatic heterocycles. The lowest BCUT2D eigenvalue weighted by Crippen LogP contribution is -2.42. The fourth-order valence-corrected chi connectivity index (χ4v) is 3.85. The van der Waals surface area contributed by atoms with Crippen LogP contribution < -0.4 is 0 Å². The van der Waals surface area contributed by atoms with Crippen molar-refractivity contribution in [3.05, 3.63) is 0 Å². The highest BCUT2D eigenvalue weighted by Gasteiger charge is 2.28. The van der Waals surface area contributed by atoms with Crippen LogP contribution in [0.4, 0.5) is 0 Å². The summed E-state index contributed by atoms with van der Waals surface area (Å²) < 4.78 is 30.7. The lowest BCUT2D eigenvalue weighted by molar-refractivity contribution is 0.118. The zero-order valence-corrected chi connectivity index (χ0v) is 11.3. The third-order valence-corrected chi connectivity index (χ3v) is 5.01. The van der Waals surface area contributed by atoms with E-state index in [1.165, 1.54) is 0 Å². The van der Waals surface area contributed by atoms with E-state index in [0.29, 0.717) is 38.5 Å². The maximum atomic E-state index is 12.0. The van der Waals surface area contributed by atoms with Gasteiger partial charge < -0.3 is 9.84 Å². The minimum absolute atomic E-state index is 0.0574. The Labute approximate surface area is 104 Å². The maximum absolute atomic E-state index is 12.0. The van der Waals surface area contributed by atoms with Crippen LogP contribution in [0.1, 0.15) is 25.7 Å². The molecule has 1 fully saturated rings. The molecule has 5 nitrogen and oxygen atoms in total. The molecule has 1 atom stereocenters. The number of hydrogen-bond acceptors (Lipinski definition) is 4. The first-order valence-electron chi connectivity index (χ1n) is 6.17. The van der Waals surface area contributed by atoms with E-state index in [4.69, 9.17) is 9.84 Å². The highest BCUT2D eigenvalue weighted by molar-refractivity contribution is 7.89. The molecule has 1 saturated heterocycles. The number of hydrogen-bond donors (Lipinski definition) is 1. The van der Waals surface area contributed by atoms with Gasteiger partial charge in [-0.2, -0.15) is 0 Å². The highest BCUT2D eigenvalue weighted by atomic mass is 32.2. The van der Waals surface area contributed by atoms with E-state index in [1.807, 2.05) is 0 Å². The monoisotopic (exact) mass is 265 g/mol. The fourth-order valence-electron chi connectivity index (χ4n) is 2.18. The number of methoxy groups -OCH3 is 1. The molecule has 6 heteroatoms. The summed E-state index contributed by atoms with van der Waals surface area (Å²) in [6.45, 7) is 1.89. The summed E-state index contributed by atoms with van der Waals surface area (Å²) in [5.74, 6) is 0.467. The van der Waals surface area contributed by atoms with Crippen LogP contribution in [0.5, 0.6) is 0 Å². The molecule has 0 amide bonds. The van der Waals surface area contributed by atoms with Crippen molar-refractivity contribution in [3.63, 3.8) is 0 Å². The van der Waals surface area contributed by atoms with Gasteiger partial charge in [-0.25, -0.2) is 12.7 Å². The van der Waals surface area contributed by atoms with E-state index in [-0.39, 0.29) is 12.4 Å². The van der Waals surface area contributed by atoms with E-state index >= 15 is 0 Å². The Balaban J connectivity index is 2.46. The Morgan fingerprint density at radius 2 is 2.18 bits per heavy atom. The Hall–Kier alpha value is -0.170. The van der Waals surface area contributed by atoms with Gasteiger partial charge in [-0.3, -0.25) is 0 Å². The average Bonchev–Trinajstić information content (AvgIpc) is 2.30. The molecular formula is C11H23NO4S. The minimum Gasteiger partial charge on any atom is -0.396 e. The molecule has 17 heavy (non-hydrogen) atoms. The normalized spacial score (nSPS) is 22.8. The van der Waals surface area contributed by atoms with Gasteiger partial charge in [0, 0.05) is 26.8 Å². The first-order valence-corrected chi connectivity index (χ1v) is 7.78. The maximum Gasteiger partial charge on any atom is 0.214 e. The van der Waals surface area contributed by atoms with Crippen LogP contribution in [-0.4, -0.2) is 57.0 Å². The smallest absolute Gasteiger partial charge is 0.214 e. The molecule has 0 bridgehead atoms. The second kappa shape index (κ2) is 7.31. The van der Waals surface area contributed by atoms with E-state index < -0.39 is 10.0 Å². The Morgan fingerprint density at radius 1 is 1.41 bits per heavy atom. The number of nitrogens with zero attached hydrogens (tertiary/aromatic N) is 1. The third-order valence-electron chi connectivity index (χ3n) is 3.09. The molecule has 1 aliphatic rings. The van der Waals surface area contributed by atoms with E-state index in [0.717, 1.165) is 12.8 Å². The van der Waals surface area contributed by atoms with Crippen LogP contribution in [0.3, 0.4) is 0 Å². The van der Waals surface area contributed by atoms with Crippen LogP contribution in [0.25, 0.3) is 0 Å². The molecule has 0 aliphatic carbocycles. The van der Waals surface area contributed by atoms with Crippen molar-refractivity contribution in [2.45, 2.75) is 25.7 Å². The molecule has 0 saturated carbocycles. The summed E-state index contributed by atoms with van der Waals surface area (Å²) in [6.07, 6.45) is 3.03. The molecule has 102 valence electrons. The van der Waals surface area contributed by atoms with E-state index in [1.54, 1.807) is 11.4 Å². The predicted octanol–water partition coefficient (Wildman–Crippen LogP) is 0.447. The molecule has 0 radical (unpaired) electrons. The van der Waals surface area contributed by atoms with Crippen molar-refractivity contribution in [1.82, 2.24) is 4.31 Å². The van der Waals surface area contributed by atoms with Gasteiger partial charge in [-0.1, -0.05) is 0 Å². The zero-order chi connectivity index (χ0) is 12.7. The van der Waals surface area contributed by atoms with Gasteiger partial charge >= 0.3 is 0 Å². The standard InChI is InChI=1S/C11H23NO4S/c1-16-10-11-5-4-6-12(9-11)17(14,15)8-3-2-7-13/h11,13H,2-10H2,1H3. The van der Waals surface area contributed by atoms with Crippen molar-refractivity contribution in [3.8, 4) is 0 Å². The van der Waals surface area contributed by atoms with E-state index in [2.05, 4.69) is 0 Å². The van der Waals surface area contributed by atoms with Crippen LogP contribution >= 0.6 is 0 Å². The Kier molecular flexibility index (Phi) is 6.40. The van der Waals surface area contributed by atoms with Crippen molar-refractivity contribution in [1.29, 1.82) is 0 Å². The average molecular weight is 265 g/mol. The fraction of sp³-hybridized carbons (Fsp3) is 1.00. The summed E-state index contributed by atoms with van der Waals surface area (Å²) in [4.78, 5) is 0. The summed E-state index contributed by atoms with van der Waals surface area (Å²) in [5.41, 5.74) is 0. The number of piperidine rings is 1. The van der Waals surface area contributed by atoms with Crippen LogP contribution in [0.15, 0.2) is 0 Å². The molecule has 0 aromatic rings. The van der Waals surface area contributed by atoms with Gasteiger partial charge in [0.25, 0.3) is 0 Å². The third kappa shape index (κ3) is 4.91. The largest absolute Gasteiger partial charge is 0.396 e. The molecule has 0 spiro atoms. The number of sulfonamides is 1. The van der Waals surface area contributed by atoms with Crippen molar-refractivity contribution in [2.24, 2.45) is 5.92 Å². The van der Waals surface area contributed by atoms with Crippen LogP contribution in [0.2, 0.25) is 0 Å². The molecule has 1 rings (SSSR count). The van der Waals surface area contributed by atoms with E-state index in [9.17, 15) is 8.42 Å². The molecule has 1 heterocycles. The first kappa shape index (κ1) is 14.9. The second-order valence-corrected chi connectivity index (χ2v) is 6.66. The number of aliphatic hydroxyl groups is 1. The number of aliphatic hydroxyl groups excluding tert-OH is 1. The number of ether oxygens (including phenoxy) is 1. The van der Waals surface area contributed by atoms with Gasteiger partial charge in [0.15, 0.2) is 0 Å². The van der Waals surface area contributed by atoms with Crippen molar-refractivity contribution in [2.75, 3.05) is 39.2 Å². The first-order chi connectivity index (χ1) is 8.10. The SMILES string of the molecule is COCC1CCCN(S(=O)(=O)CCCCO)C1. The van der Waals surface area contributed by atoms with Gasteiger partial charge in [0.1, 0.15) is 0 Å². The number of rotatable bonds is 7. The Bertz CT molecular complexity index is 303. The van der Waals surface area contributed by atoms with Gasteiger partial charge in [0.05, 0.1) is 12.4 Å². The van der Waals surface area contributed by atoms with Gasteiger partial charge in [0.2, 0.25) is 10.0 Å². The topological polar surface area (TPSA) is 66.8 Å². The molecule has 1 N–H and O–H groups in total. The van der Waals surface area contributed by atoms with Gasteiger partial charge in [-0.05, 0) is 31.6 Å². The van der Waals surface area contributed by atoms with Crippen LogP contribution in [0, 0.1) is 5.92 Å². The lowest BCUT2D eigenvalue weighted by Gasteiger charge is -2.31. The lowest BCUT2D eigenvalue weighted by atomic mass is 10.0. The quantitative estimate of drug-likeness (QED) is 0.679. The second-order valence-electron chi connectivity index (χ2n) is 4.57. The summed E-state index contributed by atoms with van der Waals surface area (Å²) in [7, 11) is -1.49. The van der Waals surface area contributed by atoms with Crippen LogP contribution in [-0.2, 0) is 14.8 Å². The minimum atomic E-state index is -3.14. The van der Waals surface area contributed by atoms with Gasteiger partial charge in [-0.15, -0.1) is 0 Å². The van der Waals surface area contributed by atoms with Crippen molar-refractivity contribution >= 4 is 10.0 Å².